The zero-order valence-electron chi connectivity index (χ0n) is 11.9. The van der Waals surface area contributed by atoms with Gasteiger partial charge in [-0.2, -0.15) is 0 Å². The van der Waals surface area contributed by atoms with E-state index < -0.39 is 0 Å². The number of aliphatic hydroxyl groups is 1. The Bertz CT molecular complexity index is 790. The highest BCUT2D eigenvalue weighted by atomic mass is 16.3. The topological polar surface area (TPSA) is 50.9 Å². The van der Waals surface area contributed by atoms with Gasteiger partial charge in [0, 0.05) is 6.20 Å². The van der Waals surface area contributed by atoms with E-state index in [1.165, 1.54) is 11.1 Å². The Morgan fingerprint density at radius 1 is 1.00 bits per heavy atom. The second kappa shape index (κ2) is 4.72. The predicted octanol–water partition coefficient (Wildman–Crippen LogP) is 2.84. The van der Waals surface area contributed by atoms with E-state index >= 15 is 0 Å². The lowest BCUT2D eigenvalue weighted by molar-refractivity contribution is 0.281. The Balaban J connectivity index is 2.22. The van der Waals surface area contributed by atoms with E-state index in [9.17, 15) is 0 Å². The fourth-order valence-corrected chi connectivity index (χ4v) is 2.40. The van der Waals surface area contributed by atoms with Gasteiger partial charge in [-0.3, -0.25) is 4.57 Å². The van der Waals surface area contributed by atoms with Crippen molar-refractivity contribution in [3.63, 3.8) is 0 Å². The van der Waals surface area contributed by atoms with Crippen LogP contribution in [0.2, 0.25) is 0 Å². The Kier molecular flexibility index (Phi) is 3.03. The number of pyridine rings is 1. The molecule has 0 atom stereocenters. The van der Waals surface area contributed by atoms with Crippen LogP contribution in [-0.2, 0) is 6.61 Å². The van der Waals surface area contributed by atoms with Crippen molar-refractivity contribution in [3.8, 4) is 5.82 Å². The summed E-state index contributed by atoms with van der Waals surface area (Å²) in [4.78, 5) is 8.91. The maximum atomic E-state index is 9.16. The molecular formula is C16H17N3O. The van der Waals surface area contributed by atoms with E-state index in [-0.39, 0.29) is 6.61 Å². The molecule has 102 valence electrons. The molecule has 1 aromatic carbocycles. The number of nitrogens with zero attached hydrogens (tertiary/aromatic N) is 3. The van der Waals surface area contributed by atoms with Crippen LogP contribution in [0, 0.1) is 20.8 Å². The second-order valence-corrected chi connectivity index (χ2v) is 5.18. The van der Waals surface area contributed by atoms with E-state index in [2.05, 4.69) is 35.9 Å². The van der Waals surface area contributed by atoms with Crippen LogP contribution in [0.5, 0.6) is 0 Å². The van der Waals surface area contributed by atoms with Crippen LogP contribution < -0.4 is 0 Å². The lowest BCUT2D eigenvalue weighted by atomic mass is 10.1. The molecule has 4 heteroatoms. The standard InChI is InChI=1S/C16H17N3O/c1-10-5-14-15(6-11(10)2)19(9-18-14)16-12(3)4-13(8-20)7-17-16/h4-7,9,20H,8H2,1-3H3. The highest BCUT2D eigenvalue weighted by Crippen LogP contribution is 2.22. The number of aliphatic hydroxyl groups excluding tert-OH is 1. The molecule has 0 fully saturated rings. The van der Waals surface area contributed by atoms with Crippen molar-refractivity contribution in [2.24, 2.45) is 0 Å². The number of aromatic nitrogens is 3. The lowest BCUT2D eigenvalue weighted by Gasteiger charge is -2.09. The van der Waals surface area contributed by atoms with Crippen LogP contribution in [0.25, 0.3) is 16.9 Å². The summed E-state index contributed by atoms with van der Waals surface area (Å²) < 4.78 is 2.00. The molecule has 0 amide bonds. The van der Waals surface area contributed by atoms with E-state index in [1.807, 2.05) is 17.6 Å². The number of aryl methyl sites for hydroxylation is 3. The molecule has 4 nitrogen and oxygen atoms in total. The number of fused-ring (bicyclic) bond motifs is 1. The van der Waals surface area contributed by atoms with Gasteiger partial charge in [0.25, 0.3) is 0 Å². The van der Waals surface area contributed by atoms with Crippen molar-refractivity contribution in [1.82, 2.24) is 14.5 Å². The molecule has 0 aliphatic heterocycles. The molecule has 2 aromatic heterocycles. The molecule has 3 rings (SSSR count). The Labute approximate surface area is 117 Å². The zero-order valence-corrected chi connectivity index (χ0v) is 11.9. The summed E-state index contributed by atoms with van der Waals surface area (Å²) >= 11 is 0. The molecule has 0 saturated heterocycles. The van der Waals surface area contributed by atoms with Crippen molar-refractivity contribution in [3.05, 3.63) is 53.0 Å². The third-order valence-corrected chi connectivity index (χ3v) is 3.68. The van der Waals surface area contributed by atoms with Crippen LogP contribution >= 0.6 is 0 Å². The fraction of sp³-hybridized carbons (Fsp3) is 0.250. The zero-order chi connectivity index (χ0) is 14.3. The minimum absolute atomic E-state index is 0.0110. The first-order valence-electron chi connectivity index (χ1n) is 6.61. The van der Waals surface area contributed by atoms with Crippen LogP contribution in [0.1, 0.15) is 22.3 Å². The number of imidazole rings is 1. The molecule has 2 heterocycles. The summed E-state index contributed by atoms with van der Waals surface area (Å²) in [6.07, 6.45) is 3.51. The van der Waals surface area contributed by atoms with Crippen molar-refractivity contribution >= 4 is 11.0 Å². The number of hydrogen-bond donors (Lipinski definition) is 1. The Morgan fingerprint density at radius 3 is 2.45 bits per heavy atom. The Hall–Kier alpha value is -2.20. The summed E-state index contributed by atoms with van der Waals surface area (Å²) in [7, 11) is 0. The quantitative estimate of drug-likeness (QED) is 0.776. The maximum absolute atomic E-state index is 9.16. The summed E-state index contributed by atoms with van der Waals surface area (Å²) in [6.45, 7) is 6.19. The van der Waals surface area contributed by atoms with Crippen LogP contribution in [0.3, 0.4) is 0 Å². The van der Waals surface area contributed by atoms with E-state index in [1.54, 1.807) is 12.5 Å². The minimum atomic E-state index is 0.0110. The average Bonchev–Trinajstić information content (AvgIpc) is 2.82. The number of rotatable bonds is 2. The van der Waals surface area contributed by atoms with Gasteiger partial charge in [-0.15, -0.1) is 0 Å². The van der Waals surface area contributed by atoms with Gasteiger partial charge >= 0.3 is 0 Å². The summed E-state index contributed by atoms with van der Waals surface area (Å²) in [5.41, 5.74) is 6.35. The molecule has 20 heavy (non-hydrogen) atoms. The molecule has 0 saturated carbocycles. The van der Waals surface area contributed by atoms with Crippen molar-refractivity contribution in [2.45, 2.75) is 27.4 Å². The predicted molar refractivity (Wildman–Crippen MR) is 79.0 cm³/mol. The van der Waals surface area contributed by atoms with E-state index in [4.69, 9.17) is 5.11 Å². The highest BCUT2D eigenvalue weighted by Gasteiger charge is 2.10. The van der Waals surface area contributed by atoms with Crippen molar-refractivity contribution < 1.29 is 5.11 Å². The second-order valence-electron chi connectivity index (χ2n) is 5.18. The first kappa shape index (κ1) is 12.8. The summed E-state index contributed by atoms with van der Waals surface area (Å²) in [5.74, 6) is 0.855. The molecule has 0 aliphatic rings. The van der Waals surface area contributed by atoms with Crippen LogP contribution in [-0.4, -0.2) is 19.6 Å². The molecule has 3 aromatic rings. The van der Waals surface area contributed by atoms with Gasteiger partial charge < -0.3 is 5.11 Å². The molecule has 1 N–H and O–H groups in total. The summed E-state index contributed by atoms with van der Waals surface area (Å²) in [5, 5.41) is 9.16. The normalized spacial score (nSPS) is 11.2. The van der Waals surface area contributed by atoms with Crippen molar-refractivity contribution in [1.29, 1.82) is 0 Å². The van der Waals surface area contributed by atoms with E-state index in [0.29, 0.717) is 0 Å². The molecule has 0 radical (unpaired) electrons. The summed E-state index contributed by atoms with van der Waals surface area (Å²) in [6, 6.07) is 6.19. The highest BCUT2D eigenvalue weighted by molar-refractivity contribution is 5.79. The van der Waals surface area contributed by atoms with Gasteiger partial charge in [-0.05, 0) is 61.2 Å². The molecule has 0 aliphatic carbocycles. The van der Waals surface area contributed by atoms with Gasteiger partial charge in [0.15, 0.2) is 0 Å². The monoisotopic (exact) mass is 267 g/mol. The molecular weight excluding hydrogens is 250 g/mol. The third-order valence-electron chi connectivity index (χ3n) is 3.68. The van der Waals surface area contributed by atoms with E-state index in [0.717, 1.165) is 28.0 Å². The van der Waals surface area contributed by atoms with Crippen LogP contribution in [0.4, 0.5) is 0 Å². The largest absolute Gasteiger partial charge is 0.392 e. The maximum Gasteiger partial charge on any atom is 0.141 e. The number of benzene rings is 1. The van der Waals surface area contributed by atoms with Crippen molar-refractivity contribution in [2.75, 3.05) is 0 Å². The first-order valence-corrected chi connectivity index (χ1v) is 6.61. The first-order chi connectivity index (χ1) is 9.60. The molecule has 0 unspecified atom stereocenters. The van der Waals surface area contributed by atoms with Gasteiger partial charge in [-0.25, -0.2) is 9.97 Å². The van der Waals surface area contributed by atoms with Crippen LogP contribution in [0.15, 0.2) is 30.7 Å². The van der Waals surface area contributed by atoms with Gasteiger partial charge in [0.05, 0.1) is 17.6 Å². The lowest BCUT2D eigenvalue weighted by Crippen LogP contribution is -2.01. The Morgan fingerprint density at radius 2 is 1.75 bits per heavy atom. The fourth-order valence-electron chi connectivity index (χ4n) is 2.40. The van der Waals surface area contributed by atoms with Gasteiger partial charge in [0.2, 0.25) is 0 Å². The van der Waals surface area contributed by atoms with Gasteiger partial charge in [-0.1, -0.05) is 0 Å². The third kappa shape index (κ3) is 1.98. The van der Waals surface area contributed by atoms with Gasteiger partial charge in [0.1, 0.15) is 12.1 Å². The minimum Gasteiger partial charge on any atom is -0.392 e. The smallest absolute Gasteiger partial charge is 0.141 e. The SMILES string of the molecule is Cc1cc2ncn(-c3ncc(CO)cc3C)c2cc1C. The number of hydrogen-bond acceptors (Lipinski definition) is 3. The molecule has 0 bridgehead atoms. The molecule has 0 spiro atoms. The average molecular weight is 267 g/mol.